The van der Waals surface area contributed by atoms with Crippen molar-refractivity contribution in [3.05, 3.63) is 34.1 Å². The standard InChI is InChI=1S/C24H29N5O3S2/c1-3-9-29-22(31)20-21(25-23(34-20)27-10-5-4-6-11-27)26-24(29)33-15-19(30)28-12-13-32-18-8-7-16(2)14-17(18)28/h7-8,14H,3-6,9-13,15H2,1-2H3. The number of fused-ring (bicyclic) bond motifs is 2. The van der Waals surface area contributed by atoms with E-state index in [1.165, 1.54) is 29.5 Å². The summed E-state index contributed by atoms with van der Waals surface area (Å²) in [5, 5.41) is 1.43. The molecule has 3 aromatic rings. The maximum atomic E-state index is 13.3. The summed E-state index contributed by atoms with van der Waals surface area (Å²) < 4.78 is 8.02. The molecule has 1 saturated heterocycles. The van der Waals surface area contributed by atoms with E-state index in [9.17, 15) is 9.59 Å². The second-order valence-electron chi connectivity index (χ2n) is 8.70. The molecule has 0 saturated carbocycles. The molecule has 1 amide bonds. The highest BCUT2D eigenvalue weighted by Gasteiger charge is 2.25. The van der Waals surface area contributed by atoms with Gasteiger partial charge >= 0.3 is 0 Å². The number of thioether (sulfide) groups is 1. The summed E-state index contributed by atoms with van der Waals surface area (Å²) in [6.07, 6.45) is 4.35. The Balaban J connectivity index is 1.41. The van der Waals surface area contributed by atoms with E-state index in [2.05, 4.69) is 4.90 Å². The van der Waals surface area contributed by atoms with Crippen molar-refractivity contribution in [3.63, 3.8) is 0 Å². The SMILES string of the molecule is CCCn1c(SCC(=O)N2CCOc3ccc(C)cc32)nc2nc(N3CCCCC3)sc2c1=O. The number of aryl methyl sites for hydroxylation is 1. The number of nitrogens with zero attached hydrogens (tertiary/aromatic N) is 5. The molecule has 1 fully saturated rings. The zero-order chi connectivity index (χ0) is 23.7. The largest absolute Gasteiger partial charge is 0.490 e. The van der Waals surface area contributed by atoms with Crippen LogP contribution in [0, 0.1) is 6.92 Å². The summed E-state index contributed by atoms with van der Waals surface area (Å²) in [5.41, 5.74) is 2.31. The second-order valence-corrected chi connectivity index (χ2v) is 10.6. The van der Waals surface area contributed by atoms with Crippen LogP contribution in [0.4, 0.5) is 10.8 Å². The number of benzene rings is 1. The average molecular weight is 500 g/mol. The molecule has 2 aromatic heterocycles. The van der Waals surface area contributed by atoms with Crippen LogP contribution in [0.1, 0.15) is 38.2 Å². The van der Waals surface area contributed by atoms with Crippen molar-refractivity contribution in [3.8, 4) is 5.75 Å². The molecular weight excluding hydrogens is 470 g/mol. The molecule has 0 unspecified atom stereocenters. The summed E-state index contributed by atoms with van der Waals surface area (Å²) in [4.78, 5) is 40.0. The number of piperidine rings is 1. The van der Waals surface area contributed by atoms with E-state index in [-0.39, 0.29) is 17.2 Å². The van der Waals surface area contributed by atoms with Crippen LogP contribution in [0.2, 0.25) is 0 Å². The number of ether oxygens (including phenoxy) is 1. The van der Waals surface area contributed by atoms with Crippen LogP contribution in [-0.2, 0) is 11.3 Å². The molecule has 4 heterocycles. The number of hydrogen-bond donors (Lipinski definition) is 0. The number of carbonyl (C=O) groups is 1. The number of hydrogen-bond acceptors (Lipinski definition) is 8. The molecular formula is C24H29N5O3S2. The topological polar surface area (TPSA) is 80.6 Å². The third-order valence-corrected chi connectivity index (χ3v) is 8.20. The Morgan fingerprint density at radius 3 is 2.79 bits per heavy atom. The first-order valence-corrected chi connectivity index (χ1v) is 13.7. The fourth-order valence-electron chi connectivity index (χ4n) is 4.42. The summed E-state index contributed by atoms with van der Waals surface area (Å²) in [7, 11) is 0. The number of amides is 1. The minimum Gasteiger partial charge on any atom is -0.490 e. The Hall–Kier alpha value is -2.59. The molecule has 5 rings (SSSR count). The van der Waals surface area contributed by atoms with Crippen LogP contribution in [0.25, 0.3) is 10.3 Å². The molecule has 180 valence electrons. The third-order valence-electron chi connectivity index (χ3n) is 6.15. The first-order chi connectivity index (χ1) is 16.5. The Labute approximate surface area is 206 Å². The van der Waals surface area contributed by atoms with Crippen molar-refractivity contribution < 1.29 is 9.53 Å². The van der Waals surface area contributed by atoms with Gasteiger partial charge in [0.1, 0.15) is 17.1 Å². The van der Waals surface area contributed by atoms with Gasteiger partial charge in [-0.05, 0) is 50.3 Å². The fraction of sp³-hybridized carbons (Fsp3) is 0.500. The summed E-state index contributed by atoms with van der Waals surface area (Å²) in [5.74, 6) is 0.896. The van der Waals surface area contributed by atoms with Gasteiger partial charge in [-0.3, -0.25) is 14.2 Å². The van der Waals surface area contributed by atoms with E-state index in [1.54, 1.807) is 9.47 Å². The molecule has 0 bridgehead atoms. The summed E-state index contributed by atoms with van der Waals surface area (Å²) in [6.45, 7) is 7.52. The van der Waals surface area contributed by atoms with E-state index in [0.29, 0.717) is 35.2 Å². The van der Waals surface area contributed by atoms with Gasteiger partial charge in [-0.15, -0.1) is 0 Å². The van der Waals surface area contributed by atoms with Crippen molar-refractivity contribution in [2.75, 3.05) is 41.8 Å². The minimum atomic E-state index is -0.0603. The molecule has 0 aliphatic carbocycles. The molecule has 8 nitrogen and oxygen atoms in total. The fourth-order valence-corrected chi connectivity index (χ4v) is 6.31. The lowest BCUT2D eigenvalue weighted by Crippen LogP contribution is -2.39. The van der Waals surface area contributed by atoms with Gasteiger partial charge in [0.25, 0.3) is 5.56 Å². The lowest BCUT2D eigenvalue weighted by atomic mass is 10.1. The molecule has 1 aromatic carbocycles. The van der Waals surface area contributed by atoms with Crippen LogP contribution in [0.5, 0.6) is 5.75 Å². The summed E-state index contributed by atoms with van der Waals surface area (Å²) >= 11 is 2.75. The van der Waals surface area contributed by atoms with E-state index in [4.69, 9.17) is 14.7 Å². The Morgan fingerprint density at radius 2 is 2.00 bits per heavy atom. The van der Waals surface area contributed by atoms with Crippen molar-refractivity contribution in [2.45, 2.75) is 51.2 Å². The average Bonchev–Trinajstić information content (AvgIpc) is 3.29. The monoisotopic (exact) mass is 499 g/mol. The highest BCUT2D eigenvalue weighted by molar-refractivity contribution is 7.99. The van der Waals surface area contributed by atoms with Crippen LogP contribution in [0.3, 0.4) is 0 Å². The first kappa shape index (κ1) is 23.2. The Kier molecular flexibility index (Phi) is 6.78. The highest BCUT2D eigenvalue weighted by Crippen LogP contribution is 2.33. The molecule has 34 heavy (non-hydrogen) atoms. The highest BCUT2D eigenvalue weighted by atomic mass is 32.2. The molecule has 0 N–H and O–H groups in total. The van der Waals surface area contributed by atoms with Gasteiger partial charge in [0.2, 0.25) is 5.91 Å². The van der Waals surface area contributed by atoms with E-state index >= 15 is 0 Å². The molecule has 10 heteroatoms. The Morgan fingerprint density at radius 1 is 1.18 bits per heavy atom. The zero-order valence-electron chi connectivity index (χ0n) is 19.6. The first-order valence-electron chi connectivity index (χ1n) is 11.9. The van der Waals surface area contributed by atoms with Crippen LogP contribution >= 0.6 is 23.1 Å². The van der Waals surface area contributed by atoms with Crippen molar-refractivity contribution in [1.29, 1.82) is 0 Å². The quantitative estimate of drug-likeness (QED) is 0.373. The van der Waals surface area contributed by atoms with Crippen molar-refractivity contribution in [1.82, 2.24) is 14.5 Å². The van der Waals surface area contributed by atoms with Gasteiger partial charge in [-0.2, -0.15) is 4.98 Å². The lowest BCUT2D eigenvalue weighted by molar-refractivity contribution is -0.116. The Bertz CT molecular complexity index is 1270. The maximum absolute atomic E-state index is 13.3. The number of aromatic nitrogens is 3. The van der Waals surface area contributed by atoms with Gasteiger partial charge in [0.15, 0.2) is 15.9 Å². The normalized spacial score (nSPS) is 15.9. The second kappa shape index (κ2) is 9.95. The van der Waals surface area contributed by atoms with E-state index in [0.717, 1.165) is 54.5 Å². The lowest BCUT2D eigenvalue weighted by Gasteiger charge is -2.29. The van der Waals surface area contributed by atoms with E-state index < -0.39 is 0 Å². The van der Waals surface area contributed by atoms with Gasteiger partial charge in [-0.25, -0.2) is 4.98 Å². The molecule has 0 spiro atoms. The smallest absolute Gasteiger partial charge is 0.273 e. The predicted molar refractivity (Wildman–Crippen MR) is 138 cm³/mol. The molecule has 0 atom stereocenters. The van der Waals surface area contributed by atoms with Crippen molar-refractivity contribution in [2.24, 2.45) is 0 Å². The van der Waals surface area contributed by atoms with Gasteiger partial charge in [-0.1, -0.05) is 36.1 Å². The zero-order valence-corrected chi connectivity index (χ0v) is 21.2. The molecule has 0 radical (unpaired) electrons. The minimum absolute atomic E-state index is 0.0233. The van der Waals surface area contributed by atoms with Gasteiger partial charge in [0, 0.05) is 19.6 Å². The van der Waals surface area contributed by atoms with Crippen LogP contribution < -0.4 is 20.1 Å². The number of anilines is 2. The third kappa shape index (κ3) is 4.53. The van der Waals surface area contributed by atoms with Gasteiger partial charge < -0.3 is 14.5 Å². The van der Waals surface area contributed by atoms with E-state index in [1.807, 2.05) is 32.0 Å². The summed E-state index contributed by atoms with van der Waals surface area (Å²) in [6, 6.07) is 5.87. The molecule has 2 aliphatic rings. The molecule has 2 aliphatic heterocycles. The maximum Gasteiger partial charge on any atom is 0.273 e. The number of thiazole rings is 1. The van der Waals surface area contributed by atoms with Crippen molar-refractivity contribution >= 4 is 50.2 Å². The predicted octanol–water partition coefficient (Wildman–Crippen LogP) is 4.08. The van der Waals surface area contributed by atoms with Crippen LogP contribution in [-0.4, -0.2) is 52.4 Å². The number of carbonyl (C=O) groups excluding carboxylic acids is 1. The van der Waals surface area contributed by atoms with Crippen LogP contribution in [0.15, 0.2) is 28.2 Å². The van der Waals surface area contributed by atoms with Gasteiger partial charge in [0.05, 0.1) is 18.0 Å². The number of rotatable bonds is 6.